The van der Waals surface area contributed by atoms with Crippen LogP contribution in [-0.4, -0.2) is 51.8 Å². The van der Waals surface area contributed by atoms with Gasteiger partial charge in [-0.15, -0.1) is 0 Å². The van der Waals surface area contributed by atoms with Crippen molar-refractivity contribution in [2.45, 2.75) is 6.92 Å². The lowest BCUT2D eigenvalue weighted by Crippen LogP contribution is -2.26. The van der Waals surface area contributed by atoms with Crippen molar-refractivity contribution in [3.63, 3.8) is 0 Å². The molecule has 1 rings (SSSR count). The predicted molar refractivity (Wildman–Crippen MR) is 82.8 cm³/mol. The molecular formula is C14H24N4O2. The Hall–Kier alpha value is -1.95. The molecule has 0 aliphatic carbocycles. The number of nitrogens with zero attached hydrogens (tertiary/aromatic N) is 2. The third kappa shape index (κ3) is 4.97. The minimum atomic E-state index is 0.362. The van der Waals surface area contributed by atoms with E-state index >= 15 is 0 Å². The Morgan fingerprint density at radius 1 is 1.35 bits per heavy atom. The van der Waals surface area contributed by atoms with E-state index in [1.807, 2.05) is 25.2 Å². The number of benzene rings is 1. The van der Waals surface area contributed by atoms with Gasteiger partial charge in [-0.25, -0.2) is 0 Å². The highest BCUT2D eigenvalue weighted by molar-refractivity contribution is 5.94. The monoisotopic (exact) mass is 280 g/mol. The smallest absolute Gasteiger partial charge is 0.193 e. The molecule has 0 amide bonds. The van der Waals surface area contributed by atoms with Gasteiger partial charge in [0, 0.05) is 12.6 Å². The van der Waals surface area contributed by atoms with Crippen molar-refractivity contribution in [1.82, 2.24) is 4.90 Å². The van der Waals surface area contributed by atoms with Crippen molar-refractivity contribution in [3.05, 3.63) is 18.2 Å². The molecule has 0 radical (unpaired) electrons. The first kappa shape index (κ1) is 16.1. The average molecular weight is 280 g/mol. The number of methoxy groups -OCH3 is 2. The van der Waals surface area contributed by atoms with E-state index in [9.17, 15) is 0 Å². The Morgan fingerprint density at radius 3 is 2.70 bits per heavy atom. The molecule has 6 nitrogen and oxygen atoms in total. The van der Waals surface area contributed by atoms with E-state index < -0.39 is 0 Å². The fourth-order valence-electron chi connectivity index (χ4n) is 1.59. The molecule has 20 heavy (non-hydrogen) atoms. The first-order chi connectivity index (χ1) is 9.60. The summed E-state index contributed by atoms with van der Waals surface area (Å²) < 4.78 is 10.4. The number of nitrogens with one attached hydrogen (secondary N) is 1. The summed E-state index contributed by atoms with van der Waals surface area (Å²) in [5, 5.41) is 3.03. The van der Waals surface area contributed by atoms with Gasteiger partial charge < -0.3 is 25.4 Å². The van der Waals surface area contributed by atoms with Gasteiger partial charge in [0.05, 0.1) is 26.5 Å². The maximum Gasteiger partial charge on any atom is 0.193 e. The van der Waals surface area contributed by atoms with Crippen LogP contribution in [0, 0.1) is 0 Å². The molecule has 0 bridgehead atoms. The van der Waals surface area contributed by atoms with E-state index in [-0.39, 0.29) is 0 Å². The topological polar surface area (TPSA) is 72.1 Å². The molecular weight excluding hydrogens is 256 g/mol. The number of ether oxygens (including phenoxy) is 2. The van der Waals surface area contributed by atoms with Crippen LogP contribution in [0.15, 0.2) is 23.2 Å². The van der Waals surface area contributed by atoms with Crippen LogP contribution in [0.5, 0.6) is 11.5 Å². The second kappa shape index (κ2) is 8.27. The largest absolute Gasteiger partial charge is 0.497 e. The summed E-state index contributed by atoms with van der Waals surface area (Å²) >= 11 is 0. The number of hydrogen-bond donors (Lipinski definition) is 2. The van der Waals surface area contributed by atoms with E-state index in [0.717, 1.165) is 24.5 Å². The fourth-order valence-corrected chi connectivity index (χ4v) is 1.59. The molecule has 0 saturated carbocycles. The van der Waals surface area contributed by atoms with E-state index in [1.165, 1.54) is 0 Å². The molecule has 3 N–H and O–H groups in total. The maximum atomic E-state index is 5.87. The zero-order chi connectivity index (χ0) is 15.0. The summed E-state index contributed by atoms with van der Waals surface area (Å²) in [5.74, 6) is 1.78. The van der Waals surface area contributed by atoms with Crippen molar-refractivity contribution in [1.29, 1.82) is 0 Å². The highest BCUT2D eigenvalue weighted by Crippen LogP contribution is 2.28. The van der Waals surface area contributed by atoms with Gasteiger partial charge in [0.2, 0.25) is 0 Å². The number of guanidine groups is 1. The van der Waals surface area contributed by atoms with Gasteiger partial charge in [-0.3, -0.25) is 4.99 Å². The zero-order valence-corrected chi connectivity index (χ0v) is 12.6. The standard InChI is InChI=1S/C14H24N4O2/c1-5-18(2)9-8-16-14(15)17-12-10-11(19-3)6-7-13(12)20-4/h6-7,10H,5,8-9H2,1-4H3,(H3,15,16,17). The maximum absolute atomic E-state index is 5.87. The summed E-state index contributed by atoms with van der Waals surface area (Å²) in [5.41, 5.74) is 6.61. The SMILES string of the molecule is CCN(C)CCN=C(N)Nc1cc(OC)ccc1OC. The number of likely N-dealkylation sites (N-methyl/N-ethyl adjacent to an activating group) is 1. The van der Waals surface area contributed by atoms with Crippen LogP contribution < -0.4 is 20.5 Å². The van der Waals surface area contributed by atoms with Gasteiger partial charge >= 0.3 is 0 Å². The Kier molecular flexibility index (Phi) is 6.66. The van der Waals surface area contributed by atoms with Crippen LogP contribution in [0.3, 0.4) is 0 Å². The molecule has 0 spiro atoms. The number of nitrogens with two attached hydrogens (primary N) is 1. The number of aliphatic imine (C=N–C) groups is 1. The van der Waals surface area contributed by atoms with Crippen molar-refractivity contribution in [2.24, 2.45) is 10.7 Å². The first-order valence-electron chi connectivity index (χ1n) is 6.58. The molecule has 0 heterocycles. The Morgan fingerprint density at radius 2 is 2.10 bits per heavy atom. The van der Waals surface area contributed by atoms with Gasteiger partial charge in [0.1, 0.15) is 11.5 Å². The third-order valence-electron chi connectivity index (χ3n) is 2.97. The average Bonchev–Trinajstić information content (AvgIpc) is 2.46. The first-order valence-corrected chi connectivity index (χ1v) is 6.58. The second-order valence-corrected chi connectivity index (χ2v) is 4.35. The molecule has 0 atom stereocenters. The minimum absolute atomic E-state index is 0.362. The van der Waals surface area contributed by atoms with Crippen LogP contribution in [0.2, 0.25) is 0 Å². The predicted octanol–water partition coefficient (Wildman–Crippen LogP) is 1.38. The van der Waals surface area contributed by atoms with Crippen LogP contribution in [0.1, 0.15) is 6.92 Å². The van der Waals surface area contributed by atoms with Gasteiger partial charge in [-0.2, -0.15) is 0 Å². The lowest BCUT2D eigenvalue weighted by Gasteiger charge is -2.13. The van der Waals surface area contributed by atoms with E-state index in [0.29, 0.717) is 18.3 Å². The van der Waals surface area contributed by atoms with Gasteiger partial charge in [-0.1, -0.05) is 6.92 Å². The van der Waals surface area contributed by atoms with E-state index in [2.05, 4.69) is 22.1 Å². The molecule has 0 fully saturated rings. The number of hydrogen-bond acceptors (Lipinski definition) is 4. The van der Waals surface area contributed by atoms with Gasteiger partial charge in [0.25, 0.3) is 0 Å². The molecule has 1 aromatic rings. The molecule has 0 saturated heterocycles. The normalized spacial score (nSPS) is 11.6. The molecule has 0 unspecified atom stereocenters. The zero-order valence-electron chi connectivity index (χ0n) is 12.6. The molecule has 0 aromatic heterocycles. The van der Waals surface area contributed by atoms with Crippen LogP contribution in [-0.2, 0) is 0 Å². The molecule has 6 heteroatoms. The number of rotatable bonds is 7. The summed E-state index contributed by atoms with van der Waals surface area (Å²) in [6.45, 7) is 4.61. The molecule has 112 valence electrons. The quantitative estimate of drug-likeness (QED) is 0.583. The summed E-state index contributed by atoms with van der Waals surface area (Å²) in [4.78, 5) is 6.45. The number of anilines is 1. The Balaban J connectivity index is 2.68. The minimum Gasteiger partial charge on any atom is -0.497 e. The molecule has 0 aliphatic rings. The highest BCUT2D eigenvalue weighted by atomic mass is 16.5. The molecule has 0 aliphatic heterocycles. The third-order valence-corrected chi connectivity index (χ3v) is 2.97. The summed E-state index contributed by atoms with van der Waals surface area (Å²) in [6, 6.07) is 5.46. The highest BCUT2D eigenvalue weighted by Gasteiger charge is 2.06. The van der Waals surface area contributed by atoms with Crippen molar-refractivity contribution in [3.8, 4) is 11.5 Å². The van der Waals surface area contributed by atoms with E-state index in [1.54, 1.807) is 14.2 Å². The van der Waals surface area contributed by atoms with E-state index in [4.69, 9.17) is 15.2 Å². The van der Waals surface area contributed by atoms with Crippen molar-refractivity contribution in [2.75, 3.05) is 46.2 Å². The molecule has 1 aromatic carbocycles. The van der Waals surface area contributed by atoms with Crippen molar-refractivity contribution < 1.29 is 9.47 Å². The van der Waals surface area contributed by atoms with Crippen molar-refractivity contribution >= 4 is 11.6 Å². The Labute approximate surface area is 120 Å². The lowest BCUT2D eigenvalue weighted by atomic mass is 10.2. The second-order valence-electron chi connectivity index (χ2n) is 4.35. The summed E-state index contributed by atoms with van der Waals surface area (Å²) in [6.07, 6.45) is 0. The van der Waals surface area contributed by atoms with Crippen LogP contribution in [0.25, 0.3) is 0 Å². The van der Waals surface area contributed by atoms with Crippen LogP contribution in [0.4, 0.5) is 5.69 Å². The fraction of sp³-hybridized carbons (Fsp3) is 0.500. The lowest BCUT2D eigenvalue weighted by molar-refractivity contribution is 0.363. The summed E-state index contributed by atoms with van der Waals surface area (Å²) in [7, 11) is 5.27. The van der Waals surface area contributed by atoms with Gasteiger partial charge in [-0.05, 0) is 25.7 Å². The van der Waals surface area contributed by atoms with Gasteiger partial charge in [0.15, 0.2) is 5.96 Å². The Bertz CT molecular complexity index is 449. The van der Waals surface area contributed by atoms with Crippen LogP contribution >= 0.6 is 0 Å².